The monoisotopic (exact) mass is 260 g/mol. The van der Waals surface area contributed by atoms with Crippen molar-refractivity contribution >= 4 is 11.7 Å². The Hall–Kier alpha value is -2.44. The number of nitrogens with zero attached hydrogens (tertiary/aromatic N) is 4. The first-order chi connectivity index (χ1) is 9.24. The van der Waals surface area contributed by atoms with Gasteiger partial charge in [0.25, 0.3) is 5.91 Å². The molecular weight excluding hydrogens is 244 g/mol. The minimum atomic E-state index is -0.225. The fourth-order valence-corrected chi connectivity index (χ4v) is 1.52. The minimum absolute atomic E-state index is 0.225. The first kappa shape index (κ1) is 13.0. The molecular formula is C12H16N6O. The molecule has 0 aliphatic carbocycles. The summed E-state index contributed by atoms with van der Waals surface area (Å²) in [5, 5.41) is 9.86. The highest BCUT2D eigenvalue weighted by Crippen LogP contribution is 2.09. The predicted octanol–water partition coefficient (Wildman–Crippen LogP) is 0.844. The lowest BCUT2D eigenvalue weighted by Crippen LogP contribution is -2.18. The lowest BCUT2D eigenvalue weighted by atomic mass is 10.4. The van der Waals surface area contributed by atoms with Crippen LogP contribution in [0.15, 0.2) is 24.7 Å². The van der Waals surface area contributed by atoms with Gasteiger partial charge < -0.3 is 10.6 Å². The SMILES string of the molecule is CCCNc1cc(-n2ccc(C(=O)NC)n2)ncn1. The van der Waals surface area contributed by atoms with E-state index >= 15 is 0 Å². The van der Waals surface area contributed by atoms with Crippen LogP contribution in [0.2, 0.25) is 0 Å². The van der Waals surface area contributed by atoms with Crippen LogP contribution in [0.5, 0.6) is 0 Å². The molecule has 0 aromatic carbocycles. The van der Waals surface area contributed by atoms with Crippen LogP contribution < -0.4 is 10.6 Å². The van der Waals surface area contributed by atoms with E-state index in [1.54, 1.807) is 30.1 Å². The van der Waals surface area contributed by atoms with Gasteiger partial charge in [0.05, 0.1) is 0 Å². The van der Waals surface area contributed by atoms with Gasteiger partial charge in [-0.25, -0.2) is 14.6 Å². The highest BCUT2D eigenvalue weighted by molar-refractivity contribution is 5.91. The van der Waals surface area contributed by atoms with Gasteiger partial charge in [0.2, 0.25) is 0 Å². The van der Waals surface area contributed by atoms with Crippen molar-refractivity contribution in [1.29, 1.82) is 0 Å². The first-order valence-electron chi connectivity index (χ1n) is 6.08. The van der Waals surface area contributed by atoms with Crippen LogP contribution in [0, 0.1) is 0 Å². The lowest BCUT2D eigenvalue weighted by Gasteiger charge is -2.05. The predicted molar refractivity (Wildman–Crippen MR) is 71.3 cm³/mol. The van der Waals surface area contributed by atoms with Crippen LogP contribution in [-0.4, -0.2) is 39.2 Å². The molecule has 0 aliphatic rings. The molecule has 0 bridgehead atoms. The first-order valence-corrected chi connectivity index (χ1v) is 6.08. The van der Waals surface area contributed by atoms with Crippen LogP contribution in [0.1, 0.15) is 23.8 Å². The third-order valence-corrected chi connectivity index (χ3v) is 2.49. The molecule has 0 aliphatic heterocycles. The number of aromatic nitrogens is 4. The molecule has 2 aromatic heterocycles. The van der Waals surface area contributed by atoms with E-state index in [-0.39, 0.29) is 5.91 Å². The van der Waals surface area contributed by atoms with E-state index in [0.717, 1.165) is 18.8 Å². The third-order valence-electron chi connectivity index (χ3n) is 2.49. The third kappa shape index (κ3) is 3.06. The Balaban J connectivity index is 2.21. The molecule has 7 heteroatoms. The van der Waals surface area contributed by atoms with Crippen LogP contribution in [0.25, 0.3) is 5.82 Å². The van der Waals surface area contributed by atoms with Crippen molar-refractivity contribution in [1.82, 2.24) is 25.1 Å². The summed E-state index contributed by atoms with van der Waals surface area (Å²) in [5.41, 5.74) is 0.351. The Bertz CT molecular complexity index is 565. The largest absolute Gasteiger partial charge is 0.370 e. The van der Waals surface area contributed by atoms with Crippen LogP contribution in [0.4, 0.5) is 5.82 Å². The van der Waals surface area contributed by atoms with Crippen molar-refractivity contribution in [2.45, 2.75) is 13.3 Å². The maximum atomic E-state index is 11.4. The Kier molecular flexibility index (Phi) is 4.07. The van der Waals surface area contributed by atoms with E-state index in [1.165, 1.54) is 6.33 Å². The topological polar surface area (TPSA) is 84.7 Å². The molecule has 2 N–H and O–H groups in total. The molecule has 2 heterocycles. The zero-order chi connectivity index (χ0) is 13.7. The van der Waals surface area contributed by atoms with Crippen molar-refractivity contribution in [3.8, 4) is 5.82 Å². The van der Waals surface area contributed by atoms with Gasteiger partial charge in [-0.15, -0.1) is 0 Å². The Morgan fingerprint density at radius 1 is 1.42 bits per heavy atom. The molecule has 0 saturated carbocycles. The zero-order valence-corrected chi connectivity index (χ0v) is 10.9. The number of carbonyl (C=O) groups excluding carboxylic acids is 1. The van der Waals surface area contributed by atoms with Gasteiger partial charge in [0.15, 0.2) is 11.5 Å². The summed E-state index contributed by atoms with van der Waals surface area (Å²) in [6.07, 6.45) is 4.17. The van der Waals surface area contributed by atoms with Gasteiger partial charge in [0.1, 0.15) is 12.1 Å². The highest BCUT2D eigenvalue weighted by Gasteiger charge is 2.09. The summed E-state index contributed by atoms with van der Waals surface area (Å²) in [4.78, 5) is 19.7. The summed E-state index contributed by atoms with van der Waals surface area (Å²) in [7, 11) is 1.57. The summed E-state index contributed by atoms with van der Waals surface area (Å²) in [6.45, 7) is 2.93. The van der Waals surface area contributed by atoms with E-state index in [0.29, 0.717) is 11.5 Å². The van der Waals surface area contributed by atoms with Gasteiger partial charge in [0, 0.05) is 25.9 Å². The second kappa shape index (κ2) is 5.94. The normalized spacial score (nSPS) is 10.2. The van der Waals surface area contributed by atoms with Gasteiger partial charge in [-0.1, -0.05) is 6.92 Å². The van der Waals surface area contributed by atoms with E-state index in [9.17, 15) is 4.79 Å². The smallest absolute Gasteiger partial charge is 0.271 e. The fraction of sp³-hybridized carbons (Fsp3) is 0.333. The van der Waals surface area contributed by atoms with Crippen LogP contribution >= 0.6 is 0 Å². The number of amides is 1. The van der Waals surface area contributed by atoms with E-state index in [4.69, 9.17) is 0 Å². The number of carbonyl (C=O) groups is 1. The number of nitrogens with one attached hydrogen (secondary N) is 2. The van der Waals surface area contributed by atoms with Gasteiger partial charge >= 0.3 is 0 Å². The van der Waals surface area contributed by atoms with Gasteiger partial charge in [-0.05, 0) is 12.5 Å². The molecule has 2 rings (SSSR count). The number of rotatable bonds is 5. The second-order valence-electron chi connectivity index (χ2n) is 3.91. The summed E-state index contributed by atoms with van der Waals surface area (Å²) in [5.74, 6) is 1.13. The molecule has 100 valence electrons. The highest BCUT2D eigenvalue weighted by atomic mass is 16.1. The second-order valence-corrected chi connectivity index (χ2v) is 3.91. The summed E-state index contributed by atoms with van der Waals surface area (Å²) < 4.78 is 1.55. The van der Waals surface area contributed by atoms with E-state index < -0.39 is 0 Å². The number of anilines is 1. The number of hydrogen-bond donors (Lipinski definition) is 2. The molecule has 19 heavy (non-hydrogen) atoms. The van der Waals surface area contributed by atoms with Gasteiger partial charge in [-0.3, -0.25) is 4.79 Å². The molecule has 0 saturated heterocycles. The fourth-order valence-electron chi connectivity index (χ4n) is 1.52. The molecule has 1 amide bonds. The molecule has 2 aromatic rings. The molecule has 0 atom stereocenters. The van der Waals surface area contributed by atoms with Crippen molar-refractivity contribution in [2.75, 3.05) is 18.9 Å². The average molecular weight is 260 g/mol. The average Bonchev–Trinajstić information content (AvgIpc) is 2.94. The molecule has 0 spiro atoms. The van der Waals surface area contributed by atoms with E-state index in [1.807, 2.05) is 0 Å². The summed E-state index contributed by atoms with van der Waals surface area (Å²) >= 11 is 0. The molecule has 0 fully saturated rings. The Morgan fingerprint density at radius 3 is 3.00 bits per heavy atom. The van der Waals surface area contributed by atoms with Gasteiger partial charge in [-0.2, -0.15) is 5.10 Å². The quantitative estimate of drug-likeness (QED) is 0.832. The van der Waals surface area contributed by atoms with Crippen molar-refractivity contribution in [2.24, 2.45) is 0 Å². The van der Waals surface area contributed by atoms with Crippen molar-refractivity contribution in [3.05, 3.63) is 30.4 Å². The maximum Gasteiger partial charge on any atom is 0.271 e. The lowest BCUT2D eigenvalue weighted by molar-refractivity contribution is 0.0957. The van der Waals surface area contributed by atoms with Crippen molar-refractivity contribution in [3.63, 3.8) is 0 Å². The van der Waals surface area contributed by atoms with Crippen molar-refractivity contribution < 1.29 is 4.79 Å². The molecule has 0 radical (unpaired) electrons. The van der Waals surface area contributed by atoms with Crippen LogP contribution in [0.3, 0.4) is 0 Å². The number of hydrogen-bond acceptors (Lipinski definition) is 5. The molecule has 0 unspecified atom stereocenters. The Morgan fingerprint density at radius 2 is 2.26 bits per heavy atom. The maximum absolute atomic E-state index is 11.4. The minimum Gasteiger partial charge on any atom is -0.370 e. The standard InChI is InChI=1S/C12H16N6O/c1-3-5-14-10-7-11(16-8-15-10)18-6-4-9(17-18)12(19)13-2/h4,6-8H,3,5H2,1-2H3,(H,13,19)(H,14,15,16). The summed E-state index contributed by atoms with van der Waals surface area (Å²) in [6, 6.07) is 3.43. The van der Waals surface area contributed by atoms with E-state index in [2.05, 4.69) is 32.6 Å². The molecule has 7 nitrogen and oxygen atoms in total. The van der Waals surface area contributed by atoms with Crippen LogP contribution in [-0.2, 0) is 0 Å². The zero-order valence-electron chi connectivity index (χ0n) is 10.9. The Labute approximate surface area is 111 Å².